The summed E-state index contributed by atoms with van der Waals surface area (Å²) in [6, 6.07) is 14.2. The molecule has 0 unspecified atom stereocenters. The van der Waals surface area contributed by atoms with Crippen LogP contribution in [0.5, 0.6) is 5.75 Å². The number of carbonyl (C=O) groups excluding carboxylic acids is 1. The van der Waals surface area contributed by atoms with E-state index in [4.69, 9.17) is 4.74 Å². The fourth-order valence-corrected chi connectivity index (χ4v) is 4.58. The maximum absolute atomic E-state index is 12.8. The van der Waals surface area contributed by atoms with Gasteiger partial charge in [0.1, 0.15) is 11.8 Å². The van der Waals surface area contributed by atoms with Crippen LogP contribution in [-0.2, 0) is 21.2 Å². The Kier molecular flexibility index (Phi) is 8.72. The summed E-state index contributed by atoms with van der Waals surface area (Å²) in [5.41, 5.74) is 2.62. The van der Waals surface area contributed by atoms with Gasteiger partial charge < -0.3 is 10.1 Å². The Labute approximate surface area is 180 Å². The van der Waals surface area contributed by atoms with E-state index in [1.54, 1.807) is 12.1 Å². The largest absolute Gasteiger partial charge is 0.494 e. The molecule has 1 atom stereocenters. The lowest BCUT2D eigenvalue weighted by atomic mass is 10.1. The van der Waals surface area contributed by atoms with Crippen molar-refractivity contribution in [1.82, 2.24) is 5.32 Å². The summed E-state index contributed by atoms with van der Waals surface area (Å²) in [6.07, 6.45) is 3.00. The van der Waals surface area contributed by atoms with Crippen LogP contribution >= 0.6 is 0 Å². The van der Waals surface area contributed by atoms with Crippen LogP contribution in [0, 0.1) is 6.92 Å². The van der Waals surface area contributed by atoms with Gasteiger partial charge in [-0.05, 0) is 56.9 Å². The monoisotopic (exact) mass is 432 g/mol. The summed E-state index contributed by atoms with van der Waals surface area (Å²) < 4.78 is 31.8. The van der Waals surface area contributed by atoms with Crippen molar-refractivity contribution < 1.29 is 17.9 Å². The summed E-state index contributed by atoms with van der Waals surface area (Å²) in [6.45, 7) is 6.76. The normalized spacial score (nSPS) is 12.3. The van der Waals surface area contributed by atoms with Crippen LogP contribution in [0.3, 0.4) is 0 Å². The number of amides is 1. The van der Waals surface area contributed by atoms with E-state index in [1.165, 1.54) is 4.31 Å². The number of para-hydroxylation sites is 1. The molecule has 7 heteroatoms. The van der Waals surface area contributed by atoms with Gasteiger partial charge in [0.05, 0.1) is 18.6 Å². The zero-order chi connectivity index (χ0) is 22.1. The Balaban J connectivity index is 2.03. The first-order valence-electron chi connectivity index (χ1n) is 10.3. The number of sulfonamides is 1. The summed E-state index contributed by atoms with van der Waals surface area (Å²) in [5.74, 6) is 0.571. The fraction of sp³-hybridized carbons (Fsp3) is 0.435. The number of nitrogens with one attached hydrogen (secondary N) is 1. The van der Waals surface area contributed by atoms with Gasteiger partial charge in [0.25, 0.3) is 0 Å². The first-order valence-corrected chi connectivity index (χ1v) is 12.2. The second-order valence-corrected chi connectivity index (χ2v) is 9.11. The lowest BCUT2D eigenvalue weighted by Gasteiger charge is -2.30. The molecule has 0 heterocycles. The van der Waals surface area contributed by atoms with Crippen molar-refractivity contribution >= 4 is 21.6 Å². The predicted octanol–water partition coefficient (Wildman–Crippen LogP) is 3.69. The Bertz CT molecular complexity index is 926. The number of benzene rings is 2. The number of ether oxygens (including phenoxy) is 1. The van der Waals surface area contributed by atoms with Crippen LogP contribution in [0.25, 0.3) is 0 Å². The number of anilines is 1. The Morgan fingerprint density at radius 3 is 2.37 bits per heavy atom. The van der Waals surface area contributed by atoms with Crippen molar-refractivity contribution in [3.63, 3.8) is 0 Å². The summed E-state index contributed by atoms with van der Waals surface area (Å²) in [4.78, 5) is 12.8. The summed E-state index contributed by atoms with van der Waals surface area (Å²) in [7, 11) is -3.62. The predicted molar refractivity (Wildman–Crippen MR) is 122 cm³/mol. The first kappa shape index (κ1) is 23.7. The average molecular weight is 433 g/mol. The third-order valence-corrected chi connectivity index (χ3v) is 5.99. The maximum Gasteiger partial charge on any atom is 0.243 e. The zero-order valence-corrected chi connectivity index (χ0v) is 19.0. The van der Waals surface area contributed by atoms with Crippen molar-refractivity contribution in [2.24, 2.45) is 0 Å². The number of carbonyl (C=O) groups is 1. The molecule has 0 fully saturated rings. The average Bonchev–Trinajstić information content (AvgIpc) is 2.70. The molecule has 2 aromatic carbocycles. The van der Waals surface area contributed by atoms with Crippen molar-refractivity contribution in [3.8, 4) is 5.75 Å². The van der Waals surface area contributed by atoms with E-state index in [-0.39, 0.29) is 5.91 Å². The van der Waals surface area contributed by atoms with E-state index in [1.807, 2.05) is 57.2 Å². The molecule has 1 amide bonds. The van der Waals surface area contributed by atoms with E-state index in [0.29, 0.717) is 25.3 Å². The molecule has 0 aliphatic carbocycles. The molecule has 30 heavy (non-hydrogen) atoms. The number of aryl methyl sites for hydroxylation is 2. The van der Waals surface area contributed by atoms with Crippen molar-refractivity contribution in [3.05, 3.63) is 59.7 Å². The van der Waals surface area contributed by atoms with Crippen LogP contribution < -0.4 is 14.4 Å². The quantitative estimate of drug-likeness (QED) is 0.550. The number of rotatable bonds is 11. The third kappa shape index (κ3) is 6.49. The van der Waals surface area contributed by atoms with Gasteiger partial charge in [-0.3, -0.25) is 9.10 Å². The molecule has 0 spiro atoms. The van der Waals surface area contributed by atoms with E-state index in [0.717, 1.165) is 36.0 Å². The molecule has 0 saturated heterocycles. The van der Waals surface area contributed by atoms with Gasteiger partial charge in [0.2, 0.25) is 15.9 Å². The minimum absolute atomic E-state index is 0.290. The van der Waals surface area contributed by atoms with Crippen LogP contribution in [-0.4, -0.2) is 39.8 Å². The molecule has 0 aliphatic rings. The lowest BCUT2D eigenvalue weighted by molar-refractivity contribution is -0.122. The van der Waals surface area contributed by atoms with E-state index in [9.17, 15) is 13.2 Å². The van der Waals surface area contributed by atoms with Crippen LogP contribution in [0.15, 0.2) is 48.5 Å². The van der Waals surface area contributed by atoms with Gasteiger partial charge in [-0.1, -0.05) is 42.8 Å². The fourth-order valence-electron chi connectivity index (χ4n) is 3.37. The highest BCUT2D eigenvalue weighted by Gasteiger charge is 2.31. The number of nitrogens with zero attached hydrogens (tertiary/aromatic N) is 1. The highest BCUT2D eigenvalue weighted by Crippen LogP contribution is 2.23. The van der Waals surface area contributed by atoms with Crippen LogP contribution in [0.4, 0.5) is 5.69 Å². The highest BCUT2D eigenvalue weighted by molar-refractivity contribution is 7.92. The van der Waals surface area contributed by atoms with Gasteiger partial charge in [-0.25, -0.2) is 8.42 Å². The van der Waals surface area contributed by atoms with Crippen molar-refractivity contribution in [2.45, 2.75) is 46.1 Å². The topological polar surface area (TPSA) is 75.7 Å². The number of hydrogen-bond donors (Lipinski definition) is 1. The molecular weight excluding hydrogens is 400 g/mol. The van der Waals surface area contributed by atoms with Crippen LogP contribution in [0.1, 0.15) is 37.8 Å². The van der Waals surface area contributed by atoms with Crippen molar-refractivity contribution in [1.29, 1.82) is 0 Å². The minimum Gasteiger partial charge on any atom is -0.494 e. The van der Waals surface area contributed by atoms with Gasteiger partial charge in [0, 0.05) is 6.54 Å². The first-order chi connectivity index (χ1) is 14.3. The molecule has 0 radical (unpaired) electrons. The van der Waals surface area contributed by atoms with Gasteiger partial charge in [-0.2, -0.15) is 0 Å². The molecule has 0 saturated carbocycles. The number of hydrogen-bond acceptors (Lipinski definition) is 4. The molecule has 2 aromatic rings. The standard InChI is InChI=1S/C23H32N2O4S/c1-5-21(25(30(4,27)28)20-15-13-18(3)14-16-20)23(26)24-17-9-11-19-10-7-8-12-22(19)29-6-2/h7-8,10,12-16,21H,5-6,9,11,17H2,1-4H3,(H,24,26)/t21-/m0/s1. The second kappa shape index (κ2) is 11.0. The molecule has 0 bridgehead atoms. The molecule has 0 aliphatic heterocycles. The smallest absolute Gasteiger partial charge is 0.243 e. The van der Waals surface area contributed by atoms with E-state index in [2.05, 4.69) is 5.32 Å². The molecule has 164 valence electrons. The Morgan fingerprint density at radius 1 is 1.10 bits per heavy atom. The van der Waals surface area contributed by atoms with Crippen LogP contribution in [0.2, 0.25) is 0 Å². The maximum atomic E-state index is 12.8. The third-order valence-electron chi connectivity index (χ3n) is 4.81. The minimum atomic E-state index is -3.62. The second-order valence-electron chi connectivity index (χ2n) is 7.25. The molecule has 6 nitrogen and oxygen atoms in total. The van der Waals surface area contributed by atoms with E-state index >= 15 is 0 Å². The van der Waals surface area contributed by atoms with Gasteiger partial charge >= 0.3 is 0 Å². The lowest BCUT2D eigenvalue weighted by Crippen LogP contribution is -2.49. The van der Waals surface area contributed by atoms with E-state index < -0.39 is 16.1 Å². The SMILES string of the molecule is CCOc1ccccc1CCCNC(=O)[C@H](CC)N(c1ccc(C)cc1)S(C)(=O)=O. The highest BCUT2D eigenvalue weighted by atomic mass is 32.2. The Morgan fingerprint density at radius 2 is 1.77 bits per heavy atom. The molecule has 1 N–H and O–H groups in total. The van der Waals surface area contributed by atoms with Gasteiger partial charge in [0.15, 0.2) is 0 Å². The summed E-state index contributed by atoms with van der Waals surface area (Å²) in [5, 5.41) is 2.90. The van der Waals surface area contributed by atoms with Crippen molar-refractivity contribution in [2.75, 3.05) is 23.7 Å². The van der Waals surface area contributed by atoms with Gasteiger partial charge in [-0.15, -0.1) is 0 Å². The summed E-state index contributed by atoms with van der Waals surface area (Å²) >= 11 is 0. The molecular formula is C23H32N2O4S. The zero-order valence-electron chi connectivity index (χ0n) is 18.2. The Hall–Kier alpha value is -2.54. The molecule has 2 rings (SSSR count). The molecule has 0 aromatic heterocycles.